The summed E-state index contributed by atoms with van der Waals surface area (Å²) in [4.78, 5) is 18.4. The second kappa shape index (κ2) is 6.91. The van der Waals surface area contributed by atoms with Crippen LogP contribution in [0.4, 0.5) is 11.5 Å². The number of anilines is 2. The predicted molar refractivity (Wildman–Crippen MR) is 92.7 cm³/mol. The van der Waals surface area contributed by atoms with Crippen LogP contribution >= 0.6 is 0 Å². The summed E-state index contributed by atoms with van der Waals surface area (Å²) in [6.07, 6.45) is 3.44. The zero-order chi connectivity index (χ0) is 16.9. The van der Waals surface area contributed by atoms with Gasteiger partial charge in [0.25, 0.3) is 0 Å². The number of nitrogens with one attached hydrogen (secondary N) is 1. The van der Waals surface area contributed by atoms with Gasteiger partial charge in [-0.25, -0.2) is 9.67 Å². The molecule has 24 heavy (non-hydrogen) atoms. The van der Waals surface area contributed by atoms with Gasteiger partial charge in [0.1, 0.15) is 12.2 Å². The van der Waals surface area contributed by atoms with Crippen molar-refractivity contribution in [3.8, 4) is 11.3 Å². The molecule has 3 rings (SSSR count). The second-order valence-corrected chi connectivity index (χ2v) is 5.48. The van der Waals surface area contributed by atoms with E-state index in [-0.39, 0.29) is 12.5 Å². The van der Waals surface area contributed by atoms with E-state index in [0.717, 1.165) is 11.3 Å². The quantitative estimate of drug-likeness (QED) is 0.778. The predicted octanol–water partition coefficient (Wildman–Crippen LogP) is 2.04. The van der Waals surface area contributed by atoms with Crippen LogP contribution in [0.1, 0.15) is 0 Å². The van der Waals surface area contributed by atoms with Gasteiger partial charge in [-0.3, -0.25) is 4.79 Å². The lowest BCUT2D eigenvalue weighted by molar-refractivity contribution is -0.116. The standard InChI is InChI=1S/C17H18N6O/c1-22(2)17-14(9-6-10-18-17)19-16(24)12-23-11-15(20-21-23)13-7-4-3-5-8-13/h3-11H,12H2,1-2H3,(H,19,24). The smallest absolute Gasteiger partial charge is 0.246 e. The molecule has 0 bridgehead atoms. The number of carbonyl (C=O) groups is 1. The molecule has 0 atom stereocenters. The molecular weight excluding hydrogens is 304 g/mol. The van der Waals surface area contributed by atoms with Crippen LogP contribution in [0.15, 0.2) is 54.9 Å². The minimum Gasteiger partial charge on any atom is -0.361 e. The van der Waals surface area contributed by atoms with Crippen molar-refractivity contribution in [2.45, 2.75) is 6.54 Å². The lowest BCUT2D eigenvalue weighted by atomic mass is 10.2. The first-order valence-electron chi connectivity index (χ1n) is 7.51. The summed E-state index contributed by atoms with van der Waals surface area (Å²) in [5.41, 5.74) is 2.36. The fourth-order valence-corrected chi connectivity index (χ4v) is 2.30. The van der Waals surface area contributed by atoms with Crippen molar-refractivity contribution in [2.75, 3.05) is 24.3 Å². The first-order chi connectivity index (χ1) is 11.6. The van der Waals surface area contributed by atoms with Gasteiger partial charge in [0, 0.05) is 25.9 Å². The molecule has 0 fully saturated rings. The fraction of sp³-hybridized carbons (Fsp3) is 0.176. The molecule has 0 aliphatic rings. The van der Waals surface area contributed by atoms with Gasteiger partial charge < -0.3 is 10.2 Å². The van der Waals surface area contributed by atoms with Crippen LogP contribution in [-0.4, -0.2) is 40.0 Å². The number of hydrogen-bond acceptors (Lipinski definition) is 5. The van der Waals surface area contributed by atoms with Gasteiger partial charge in [-0.05, 0) is 12.1 Å². The SMILES string of the molecule is CN(C)c1ncccc1NC(=O)Cn1cc(-c2ccccc2)nn1. The summed E-state index contributed by atoms with van der Waals surface area (Å²) in [7, 11) is 3.75. The molecular formula is C17H18N6O. The fourth-order valence-electron chi connectivity index (χ4n) is 2.30. The summed E-state index contributed by atoms with van der Waals surface area (Å²) >= 11 is 0. The van der Waals surface area contributed by atoms with Crippen LogP contribution in [0.2, 0.25) is 0 Å². The molecule has 2 heterocycles. The Kier molecular flexibility index (Phi) is 4.51. The molecule has 0 radical (unpaired) electrons. The van der Waals surface area contributed by atoms with Gasteiger partial charge in [-0.15, -0.1) is 5.10 Å². The van der Waals surface area contributed by atoms with Crippen LogP contribution in [0.5, 0.6) is 0 Å². The van der Waals surface area contributed by atoms with Crippen molar-refractivity contribution in [3.05, 3.63) is 54.9 Å². The van der Waals surface area contributed by atoms with E-state index in [4.69, 9.17) is 0 Å². The number of pyridine rings is 1. The number of nitrogens with zero attached hydrogens (tertiary/aromatic N) is 5. The van der Waals surface area contributed by atoms with Crippen LogP contribution < -0.4 is 10.2 Å². The zero-order valence-electron chi connectivity index (χ0n) is 13.5. The number of hydrogen-bond donors (Lipinski definition) is 1. The summed E-state index contributed by atoms with van der Waals surface area (Å²) in [6.45, 7) is 0.0849. The molecule has 0 spiro atoms. The molecule has 0 saturated carbocycles. The maximum Gasteiger partial charge on any atom is 0.246 e. The number of carbonyl (C=O) groups excluding carboxylic acids is 1. The minimum atomic E-state index is -0.185. The molecule has 3 aromatic rings. The molecule has 7 heteroatoms. The Morgan fingerprint density at radius 1 is 1.17 bits per heavy atom. The molecule has 2 aromatic heterocycles. The third-order valence-corrected chi connectivity index (χ3v) is 3.40. The van der Waals surface area contributed by atoms with E-state index in [1.165, 1.54) is 4.68 Å². The first-order valence-corrected chi connectivity index (χ1v) is 7.51. The third kappa shape index (κ3) is 3.57. The molecule has 122 valence electrons. The summed E-state index contributed by atoms with van der Waals surface area (Å²) in [5, 5.41) is 11.0. The van der Waals surface area contributed by atoms with Gasteiger partial charge in [0.05, 0.1) is 11.9 Å². The van der Waals surface area contributed by atoms with Gasteiger partial charge in [-0.2, -0.15) is 0 Å². The van der Waals surface area contributed by atoms with Gasteiger partial charge >= 0.3 is 0 Å². The molecule has 1 amide bonds. The monoisotopic (exact) mass is 322 g/mol. The summed E-state index contributed by atoms with van der Waals surface area (Å²) in [6, 6.07) is 13.3. The first kappa shape index (κ1) is 15.7. The molecule has 1 aromatic carbocycles. The lowest BCUT2D eigenvalue weighted by Crippen LogP contribution is -2.21. The molecule has 0 saturated heterocycles. The van der Waals surface area contributed by atoms with E-state index in [0.29, 0.717) is 11.5 Å². The van der Waals surface area contributed by atoms with Crippen LogP contribution in [0, 0.1) is 0 Å². The van der Waals surface area contributed by atoms with Gasteiger partial charge in [0.15, 0.2) is 5.82 Å². The normalized spacial score (nSPS) is 10.4. The Morgan fingerprint density at radius 2 is 1.96 bits per heavy atom. The second-order valence-electron chi connectivity index (χ2n) is 5.48. The van der Waals surface area contributed by atoms with E-state index in [2.05, 4.69) is 20.6 Å². The van der Waals surface area contributed by atoms with Crippen molar-refractivity contribution in [3.63, 3.8) is 0 Å². The largest absolute Gasteiger partial charge is 0.361 e. The topological polar surface area (TPSA) is 75.9 Å². The summed E-state index contributed by atoms with van der Waals surface area (Å²) in [5.74, 6) is 0.519. The van der Waals surface area contributed by atoms with Gasteiger partial charge in [0.2, 0.25) is 5.91 Å². The van der Waals surface area contributed by atoms with E-state index in [1.54, 1.807) is 18.5 Å². The molecule has 0 aliphatic carbocycles. The van der Waals surface area contributed by atoms with E-state index in [1.807, 2.05) is 55.4 Å². The average Bonchev–Trinajstić information content (AvgIpc) is 3.04. The van der Waals surface area contributed by atoms with Crippen LogP contribution in [-0.2, 0) is 11.3 Å². The van der Waals surface area contributed by atoms with E-state index < -0.39 is 0 Å². The highest BCUT2D eigenvalue weighted by Crippen LogP contribution is 2.20. The minimum absolute atomic E-state index is 0.0849. The van der Waals surface area contributed by atoms with Crippen molar-refractivity contribution in [2.24, 2.45) is 0 Å². The van der Waals surface area contributed by atoms with Crippen LogP contribution in [0.25, 0.3) is 11.3 Å². The van der Waals surface area contributed by atoms with E-state index >= 15 is 0 Å². The Morgan fingerprint density at radius 3 is 2.71 bits per heavy atom. The number of benzene rings is 1. The van der Waals surface area contributed by atoms with Crippen molar-refractivity contribution in [1.82, 2.24) is 20.0 Å². The highest BCUT2D eigenvalue weighted by molar-refractivity contribution is 5.93. The van der Waals surface area contributed by atoms with Crippen molar-refractivity contribution in [1.29, 1.82) is 0 Å². The highest BCUT2D eigenvalue weighted by Gasteiger charge is 2.11. The number of amides is 1. The Balaban J connectivity index is 1.69. The summed E-state index contributed by atoms with van der Waals surface area (Å²) < 4.78 is 1.52. The Bertz CT molecular complexity index is 828. The van der Waals surface area contributed by atoms with E-state index in [9.17, 15) is 4.79 Å². The van der Waals surface area contributed by atoms with Crippen molar-refractivity contribution < 1.29 is 4.79 Å². The Hall–Kier alpha value is -3.22. The zero-order valence-corrected chi connectivity index (χ0v) is 13.5. The lowest BCUT2D eigenvalue weighted by Gasteiger charge is -2.16. The van der Waals surface area contributed by atoms with Gasteiger partial charge in [-0.1, -0.05) is 35.5 Å². The number of rotatable bonds is 5. The average molecular weight is 322 g/mol. The maximum atomic E-state index is 12.3. The number of aromatic nitrogens is 4. The third-order valence-electron chi connectivity index (χ3n) is 3.40. The Labute approximate surface area is 139 Å². The highest BCUT2D eigenvalue weighted by atomic mass is 16.2. The maximum absolute atomic E-state index is 12.3. The molecule has 1 N–H and O–H groups in total. The molecule has 0 aliphatic heterocycles. The van der Waals surface area contributed by atoms with Crippen molar-refractivity contribution >= 4 is 17.4 Å². The molecule has 7 nitrogen and oxygen atoms in total. The van der Waals surface area contributed by atoms with Crippen LogP contribution in [0.3, 0.4) is 0 Å². The molecule has 0 unspecified atom stereocenters.